The Morgan fingerprint density at radius 3 is 2.30 bits per heavy atom. The van der Waals surface area contributed by atoms with Gasteiger partial charge in [-0.2, -0.15) is 13.2 Å². The Labute approximate surface area is 127 Å². The molecule has 1 aromatic carbocycles. The Morgan fingerprint density at radius 1 is 0.957 bits per heavy atom. The summed E-state index contributed by atoms with van der Waals surface area (Å²) in [5, 5.41) is 0.118. The zero-order valence-electron chi connectivity index (χ0n) is 11.4. The minimum Gasteiger partial charge on any atom is -0.298 e. The average molecular weight is 320 g/mol. The van der Waals surface area contributed by atoms with Gasteiger partial charge < -0.3 is 0 Å². The molecular formula is C16H8F4N2O. The van der Waals surface area contributed by atoms with Crippen LogP contribution in [0.25, 0.3) is 22.0 Å². The van der Waals surface area contributed by atoms with Crippen LogP contribution >= 0.6 is 0 Å². The van der Waals surface area contributed by atoms with Crippen LogP contribution in [0.15, 0.2) is 42.7 Å². The van der Waals surface area contributed by atoms with Crippen LogP contribution in [0.4, 0.5) is 17.6 Å². The van der Waals surface area contributed by atoms with Gasteiger partial charge in [-0.15, -0.1) is 0 Å². The van der Waals surface area contributed by atoms with Gasteiger partial charge in [0.1, 0.15) is 11.5 Å². The zero-order valence-corrected chi connectivity index (χ0v) is 11.4. The van der Waals surface area contributed by atoms with Crippen molar-refractivity contribution in [3.05, 3.63) is 59.8 Å². The standard InChI is InChI=1S/C16H8F4N2O/c17-13-3-1-10(8-23)15-12(13)5-11(7-22-15)9-2-4-14(21-6-9)16(18,19)20/h1-8H. The molecule has 0 unspecified atom stereocenters. The van der Waals surface area contributed by atoms with Crippen molar-refractivity contribution in [1.29, 1.82) is 0 Å². The fourth-order valence-corrected chi connectivity index (χ4v) is 2.19. The summed E-state index contributed by atoms with van der Waals surface area (Å²) in [5.41, 5.74) is 0.190. The lowest BCUT2D eigenvalue weighted by Crippen LogP contribution is -2.07. The molecule has 0 bridgehead atoms. The van der Waals surface area contributed by atoms with Crippen molar-refractivity contribution in [3.63, 3.8) is 0 Å². The van der Waals surface area contributed by atoms with Gasteiger partial charge in [0, 0.05) is 34.5 Å². The molecule has 23 heavy (non-hydrogen) atoms. The smallest absolute Gasteiger partial charge is 0.298 e. The molecule has 0 saturated heterocycles. The van der Waals surface area contributed by atoms with Crippen LogP contribution in [0.1, 0.15) is 16.1 Å². The number of carbonyl (C=O) groups excluding carboxylic acids is 1. The molecule has 0 fully saturated rings. The number of alkyl halides is 3. The summed E-state index contributed by atoms with van der Waals surface area (Å²) in [6, 6.07) is 5.96. The normalized spacial score (nSPS) is 11.7. The highest BCUT2D eigenvalue weighted by Crippen LogP contribution is 2.30. The predicted molar refractivity (Wildman–Crippen MR) is 75.3 cm³/mol. The molecule has 0 aliphatic carbocycles. The highest BCUT2D eigenvalue weighted by Gasteiger charge is 2.32. The summed E-state index contributed by atoms with van der Waals surface area (Å²) >= 11 is 0. The maximum atomic E-state index is 13.9. The van der Waals surface area contributed by atoms with Gasteiger partial charge in [-0.25, -0.2) is 4.39 Å². The lowest BCUT2D eigenvalue weighted by Gasteiger charge is -2.08. The molecular weight excluding hydrogens is 312 g/mol. The Bertz CT molecular complexity index is 889. The molecule has 3 rings (SSSR count). The lowest BCUT2D eigenvalue weighted by molar-refractivity contribution is -0.141. The van der Waals surface area contributed by atoms with Gasteiger partial charge in [0.05, 0.1) is 5.52 Å². The van der Waals surface area contributed by atoms with E-state index in [4.69, 9.17) is 0 Å². The molecule has 7 heteroatoms. The molecule has 0 spiro atoms. The van der Waals surface area contributed by atoms with E-state index in [1.54, 1.807) is 0 Å². The van der Waals surface area contributed by atoms with Crippen LogP contribution in [0.2, 0.25) is 0 Å². The van der Waals surface area contributed by atoms with Crippen molar-refractivity contribution in [3.8, 4) is 11.1 Å². The first-order chi connectivity index (χ1) is 10.9. The fraction of sp³-hybridized carbons (Fsp3) is 0.0625. The lowest BCUT2D eigenvalue weighted by atomic mass is 10.0. The fourth-order valence-electron chi connectivity index (χ4n) is 2.19. The predicted octanol–water partition coefficient (Wildman–Crippen LogP) is 4.27. The molecule has 0 saturated carbocycles. The summed E-state index contributed by atoms with van der Waals surface area (Å²) in [4.78, 5) is 18.3. The topological polar surface area (TPSA) is 42.9 Å². The van der Waals surface area contributed by atoms with E-state index in [0.29, 0.717) is 17.4 Å². The number of halogens is 4. The summed E-state index contributed by atoms with van der Waals surface area (Å²) in [6.07, 6.45) is -1.55. The number of hydrogen-bond donors (Lipinski definition) is 0. The van der Waals surface area contributed by atoms with E-state index in [0.717, 1.165) is 18.3 Å². The third-order valence-electron chi connectivity index (χ3n) is 3.34. The maximum Gasteiger partial charge on any atom is 0.433 e. The molecule has 2 heterocycles. The quantitative estimate of drug-likeness (QED) is 0.523. The maximum absolute atomic E-state index is 13.9. The van der Waals surface area contributed by atoms with Crippen molar-refractivity contribution >= 4 is 17.2 Å². The Morgan fingerprint density at radius 2 is 1.70 bits per heavy atom. The van der Waals surface area contributed by atoms with Crippen molar-refractivity contribution in [1.82, 2.24) is 9.97 Å². The van der Waals surface area contributed by atoms with E-state index in [1.165, 1.54) is 24.4 Å². The Hall–Kier alpha value is -2.83. The molecule has 0 atom stereocenters. The van der Waals surface area contributed by atoms with E-state index < -0.39 is 17.7 Å². The number of pyridine rings is 2. The minimum absolute atomic E-state index is 0.118. The molecule has 0 amide bonds. The Kier molecular flexibility index (Phi) is 3.55. The second-order valence-electron chi connectivity index (χ2n) is 4.80. The Balaban J connectivity index is 2.10. The van der Waals surface area contributed by atoms with E-state index in [-0.39, 0.29) is 16.5 Å². The van der Waals surface area contributed by atoms with Crippen LogP contribution in [-0.4, -0.2) is 16.3 Å². The minimum atomic E-state index is -4.52. The number of benzene rings is 1. The van der Waals surface area contributed by atoms with Crippen LogP contribution in [0, 0.1) is 5.82 Å². The highest BCUT2D eigenvalue weighted by atomic mass is 19.4. The zero-order chi connectivity index (χ0) is 16.6. The molecule has 0 aliphatic rings. The van der Waals surface area contributed by atoms with Crippen molar-refractivity contribution in [2.45, 2.75) is 6.18 Å². The van der Waals surface area contributed by atoms with Crippen LogP contribution in [0.3, 0.4) is 0 Å². The highest BCUT2D eigenvalue weighted by molar-refractivity contribution is 5.97. The van der Waals surface area contributed by atoms with Crippen LogP contribution in [-0.2, 0) is 6.18 Å². The van der Waals surface area contributed by atoms with Gasteiger partial charge in [0.15, 0.2) is 6.29 Å². The summed E-state index contributed by atoms with van der Waals surface area (Å²) in [7, 11) is 0. The molecule has 116 valence electrons. The number of hydrogen-bond acceptors (Lipinski definition) is 3. The number of rotatable bonds is 2. The first-order valence-corrected chi connectivity index (χ1v) is 6.47. The average Bonchev–Trinajstić information content (AvgIpc) is 2.54. The number of nitrogens with zero attached hydrogens (tertiary/aromatic N) is 2. The third-order valence-corrected chi connectivity index (χ3v) is 3.34. The SMILES string of the molecule is O=Cc1ccc(F)c2cc(-c3ccc(C(F)(F)F)nc3)cnc12. The first-order valence-electron chi connectivity index (χ1n) is 6.47. The molecule has 0 N–H and O–H groups in total. The molecule has 0 radical (unpaired) electrons. The number of aromatic nitrogens is 2. The second kappa shape index (κ2) is 5.42. The van der Waals surface area contributed by atoms with Crippen LogP contribution < -0.4 is 0 Å². The summed E-state index contributed by atoms with van der Waals surface area (Å²) < 4.78 is 51.4. The molecule has 2 aromatic heterocycles. The van der Waals surface area contributed by atoms with E-state index in [2.05, 4.69) is 9.97 Å². The largest absolute Gasteiger partial charge is 0.433 e. The van der Waals surface area contributed by atoms with E-state index in [1.807, 2.05) is 0 Å². The third kappa shape index (κ3) is 2.77. The van der Waals surface area contributed by atoms with Crippen molar-refractivity contribution < 1.29 is 22.4 Å². The van der Waals surface area contributed by atoms with Crippen molar-refractivity contribution in [2.24, 2.45) is 0 Å². The summed E-state index contributed by atoms with van der Waals surface area (Å²) in [5.74, 6) is -0.570. The number of carbonyl (C=O) groups is 1. The van der Waals surface area contributed by atoms with Gasteiger partial charge >= 0.3 is 6.18 Å². The van der Waals surface area contributed by atoms with Gasteiger partial charge in [-0.05, 0) is 24.3 Å². The molecule has 3 aromatic rings. The molecule has 3 nitrogen and oxygen atoms in total. The number of aldehydes is 1. The van der Waals surface area contributed by atoms with Crippen molar-refractivity contribution in [2.75, 3.05) is 0 Å². The van der Waals surface area contributed by atoms with Crippen LogP contribution in [0.5, 0.6) is 0 Å². The number of fused-ring (bicyclic) bond motifs is 1. The van der Waals surface area contributed by atoms with Gasteiger partial charge in [0.2, 0.25) is 0 Å². The first kappa shape index (κ1) is 15.1. The summed E-state index contributed by atoms with van der Waals surface area (Å²) in [6.45, 7) is 0. The monoisotopic (exact) mass is 320 g/mol. The van der Waals surface area contributed by atoms with Gasteiger partial charge in [-0.1, -0.05) is 6.07 Å². The second-order valence-corrected chi connectivity index (χ2v) is 4.80. The van der Waals surface area contributed by atoms with Gasteiger partial charge in [-0.3, -0.25) is 14.8 Å². The van der Waals surface area contributed by atoms with E-state index >= 15 is 0 Å². The van der Waals surface area contributed by atoms with Gasteiger partial charge in [0.25, 0.3) is 0 Å². The van der Waals surface area contributed by atoms with E-state index in [9.17, 15) is 22.4 Å². The molecule has 0 aliphatic heterocycles.